The van der Waals surface area contributed by atoms with Crippen molar-refractivity contribution in [1.82, 2.24) is 0 Å². The molecule has 1 heterocycles. The number of rotatable bonds is 2. The second-order valence-corrected chi connectivity index (χ2v) is 3.26. The Kier molecular flexibility index (Phi) is 2.46. The number of hydrogen-bond acceptors (Lipinski definition) is 2. The summed E-state index contributed by atoms with van der Waals surface area (Å²) in [5, 5.41) is 0. The molecule has 0 unspecified atom stereocenters. The highest BCUT2D eigenvalue weighted by atomic mass is 19.1. The van der Waals surface area contributed by atoms with E-state index in [0.717, 1.165) is 5.75 Å². The number of methoxy groups -OCH3 is 1. The van der Waals surface area contributed by atoms with Crippen molar-refractivity contribution in [2.24, 2.45) is 0 Å². The van der Waals surface area contributed by atoms with Gasteiger partial charge in [0.1, 0.15) is 11.5 Å². The van der Waals surface area contributed by atoms with Crippen LogP contribution in [0, 0.1) is 12.7 Å². The largest absolute Gasteiger partial charge is 0.497 e. The predicted octanol–water partition coefficient (Wildman–Crippen LogP) is 3.40. The van der Waals surface area contributed by atoms with Crippen molar-refractivity contribution < 1.29 is 13.5 Å². The van der Waals surface area contributed by atoms with Gasteiger partial charge in [-0.15, -0.1) is 0 Å². The van der Waals surface area contributed by atoms with Crippen molar-refractivity contribution >= 4 is 0 Å². The Hall–Kier alpha value is -1.77. The fourth-order valence-corrected chi connectivity index (χ4v) is 1.42. The van der Waals surface area contributed by atoms with Gasteiger partial charge in [-0.2, -0.15) is 0 Å². The minimum atomic E-state index is -0.335. The summed E-state index contributed by atoms with van der Waals surface area (Å²) in [7, 11) is 1.59. The smallest absolute Gasteiger partial charge is 0.169 e. The number of furan rings is 1. The zero-order valence-electron chi connectivity index (χ0n) is 8.58. The van der Waals surface area contributed by atoms with Crippen LogP contribution in [0.4, 0.5) is 4.39 Å². The van der Waals surface area contributed by atoms with Crippen molar-refractivity contribution in [3.05, 3.63) is 41.9 Å². The molecule has 0 saturated heterocycles. The van der Waals surface area contributed by atoms with Crippen LogP contribution in [0.3, 0.4) is 0 Å². The molecule has 2 nitrogen and oxygen atoms in total. The van der Waals surface area contributed by atoms with Crippen LogP contribution < -0.4 is 4.74 Å². The van der Waals surface area contributed by atoms with Crippen LogP contribution in [0.25, 0.3) is 11.3 Å². The Morgan fingerprint density at radius 2 is 1.87 bits per heavy atom. The first-order chi connectivity index (χ1) is 7.20. The first-order valence-corrected chi connectivity index (χ1v) is 4.61. The van der Waals surface area contributed by atoms with Gasteiger partial charge in [0.15, 0.2) is 11.6 Å². The molecule has 0 spiro atoms. The maximum absolute atomic E-state index is 13.4. The average molecular weight is 206 g/mol. The molecule has 0 amide bonds. The van der Waals surface area contributed by atoms with E-state index in [1.807, 2.05) is 0 Å². The molecule has 0 aliphatic heterocycles. The summed E-state index contributed by atoms with van der Waals surface area (Å²) in [6.45, 7) is 1.72. The van der Waals surface area contributed by atoms with Gasteiger partial charge in [-0.25, -0.2) is 4.39 Å². The van der Waals surface area contributed by atoms with Crippen LogP contribution in [0.2, 0.25) is 0 Å². The van der Waals surface area contributed by atoms with Gasteiger partial charge >= 0.3 is 0 Å². The van der Waals surface area contributed by atoms with Crippen molar-refractivity contribution in [3.63, 3.8) is 0 Å². The van der Waals surface area contributed by atoms with E-state index in [1.165, 1.54) is 6.07 Å². The molecular weight excluding hydrogens is 195 g/mol. The van der Waals surface area contributed by atoms with Gasteiger partial charge in [0, 0.05) is 11.6 Å². The van der Waals surface area contributed by atoms with Gasteiger partial charge < -0.3 is 9.15 Å². The van der Waals surface area contributed by atoms with E-state index in [9.17, 15) is 4.39 Å². The molecular formula is C12H11FO2. The average Bonchev–Trinajstić information content (AvgIpc) is 2.58. The molecule has 1 aromatic carbocycles. The standard InChI is InChI=1S/C12H11FO2/c1-8-7-11(13)12(15-8)9-3-5-10(14-2)6-4-9/h3-7H,1-2H3. The first kappa shape index (κ1) is 9.77. The van der Waals surface area contributed by atoms with Gasteiger partial charge in [0.05, 0.1) is 7.11 Å². The molecule has 0 atom stereocenters. The van der Waals surface area contributed by atoms with E-state index < -0.39 is 0 Å². The van der Waals surface area contributed by atoms with Gasteiger partial charge in [-0.3, -0.25) is 0 Å². The zero-order chi connectivity index (χ0) is 10.8. The number of benzene rings is 1. The highest BCUT2D eigenvalue weighted by Crippen LogP contribution is 2.27. The Morgan fingerprint density at radius 1 is 1.20 bits per heavy atom. The third-order valence-corrected chi connectivity index (χ3v) is 2.16. The highest BCUT2D eigenvalue weighted by molar-refractivity contribution is 5.59. The molecule has 0 radical (unpaired) electrons. The molecule has 3 heteroatoms. The SMILES string of the molecule is COc1ccc(-c2oc(C)cc2F)cc1. The van der Waals surface area contributed by atoms with E-state index >= 15 is 0 Å². The lowest BCUT2D eigenvalue weighted by molar-refractivity contribution is 0.415. The van der Waals surface area contributed by atoms with Crippen molar-refractivity contribution in [2.45, 2.75) is 6.92 Å². The third-order valence-electron chi connectivity index (χ3n) is 2.16. The van der Waals surface area contributed by atoms with Crippen LogP contribution in [0.15, 0.2) is 34.7 Å². The fraction of sp³-hybridized carbons (Fsp3) is 0.167. The van der Waals surface area contributed by atoms with Crippen molar-refractivity contribution in [3.8, 4) is 17.1 Å². The number of aryl methyl sites for hydroxylation is 1. The molecule has 0 saturated carbocycles. The molecule has 0 aliphatic carbocycles. The third kappa shape index (κ3) is 1.86. The number of halogens is 1. The monoisotopic (exact) mass is 206 g/mol. The summed E-state index contributed by atoms with van der Waals surface area (Å²) in [6, 6.07) is 8.44. The predicted molar refractivity (Wildman–Crippen MR) is 55.4 cm³/mol. The van der Waals surface area contributed by atoms with E-state index in [2.05, 4.69) is 0 Å². The van der Waals surface area contributed by atoms with E-state index in [4.69, 9.17) is 9.15 Å². The number of ether oxygens (including phenoxy) is 1. The molecule has 2 aromatic rings. The molecule has 15 heavy (non-hydrogen) atoms. The molecule has 78 valence electrons. The Balaban J connectivity index is 2.41. The lowest BCUT2D eigenvalue weighted by Gasteiger charge is -2.00. The summed E-state index contributed by atoms with van der Waals surface area (Å²) >= 11 is 0. The lowest BCUT2D eigenvalue weighted by atomic mass is 10.1. The fourth-order valence-electron chi connectivity index (χ4n) is 1.42. The molecule has 0 fully saturated rings. The van der Waals surface area contributed by atoms with Gasteiger partial charge in [0.2, 0.25) is 0 Å². The quantitative estimate of drug-likeness (QED) is 0.751. The van der Waals surface area contributed by atoms with E-state index in [1.54, 1.807) is 38.3 Å². The highest BCUT2D eigenvalue weighted by Gasteiger charge is 2.10. The summed E-state index contributed by atoms with van der Waals surface area (Å²) in [5.41, 5.74) is 0.710. The maximum Gasteiger partial charge on any atom is 0.169 e. The van der Waals surface area contributed by atoms with Crippen molar-refractivity contribution in [1.29, 1.82) is 0 Å². The van der Waals surface area contributed by atoms with Crippen LogP contribution in [0.1, 0.15) is 5.76 Å². The van der Waals surface area contributed by atoms with Crippen LogP contribution >= 0.6 is 0 Å². The van der Waals surface area contributed by atoms with Gasteiger partial charge in [0.25, 0.3) is 0 Å². The molecule has 0 N–H and O–H groups in total. The number of hydrogen-bond donors (Lipinski definition) is 0. The van der Waals surface area contributed by atoms with Crippen molar-refractivity contribution in [2.75, 3.05) is 7.11 Å². The summed E-state index contributed by atoms with van der Waals surface area (Å²) in [5.74, 6) is 1.24. The van der Waals surface area contributed by atoms with Crippen LogP contribution in [0.5, 0.6) is 5.75 Å². The minimum Gasteiger partial charge on any atom is -0.497 e. The maximum atomic E-state index is 13.4. The summed E-state index contributed by atoms with van der Waals surface area (Å²) in [4.78, 5) is 0. The zero-order valence-corrected chi connectivity index (χ0v) is 8.58. The summed E-state index contributed by atoms with van der Waals surface area (Å²) in [6.07, 6.45) is 0. The molecule has 1 aromatic heterocycles. The lowest BCUT2D eigenvalue weighted by Crippen LogP contribution is -1.82. The Labute approximate surface area is 87.3 Å². The minimum absolute atomic E-state index is 0.273. The van der Waals surface area contributed by atoms with Gasteiger partial charge in [-0.1, -0.05) is 0 Å². The van der Waals surface area contributed by atoms with Gasteiger partial charge in [-0.05, 0) is 31.2 Å². The summed E-state index contributed by atoms with van der Waals surface area (Å²) < 4.78 is 23.6. The second kappa shape index (κ2) is 3.77. The topological polar surface area (TPSA) is 22.4 Å². The molecule has 0 aliphatic rings. The molecule has 2 rings (SSSR count). The Morgan fingerprint density at radius 3 is 2.33 bits per heavy atom. The van der Waals surface area contributed by atoms with Crippen LogP contribution in [-0.2, 0) is 0 Å². The normalized spacial score (nSPS) is 10.3. The van der Waals surface area contributed by atoms with E-state index in [-0.39, 0.29) is 11.6 Å². The molecule has 0 bridgehead atoms. The Bertz CT molecular complexity index is 457. The van der Waals surface area contributed by atoms with Crippen LogP contribution in [-0.4, -0.2) is 7.11 Å². The van der Waals surface area contributed by atoms with E-state index in [0.29, 0.717) is 11.3 Å². The first-order valence-electron chi connectivity index (χ1n) is 4.61. The second-order valence-electron chi connectivity index (χ2n) is 3.26.